The lowest BCUT2D eigenvalue weighted by atomic mass is 9.76. The van der Waals surface area contributed by atoms with Crippen molar-refractivity contribution in [2.75, 3.05) is 14.2 Å². The molecule has 0 radical (unpaired) electrons. The number of methoxy groups -OCH3 is 1. The molecule has 1 saturated carbocycles. The van der Waals surface area contributed by atoms with E-state index in [1.165, 1.54) is 26.4 Å². The van der Waals surface area contributed by atoms with Gasteiger partial charge >= 0.3 is 5.97 Å². The maximum absolute atomic E-state index is 11.6. The van der Waals surface area contributed by atoms with Gasteiger partial charge in [-0.05, 0) is 44.1 Å². The van der Waals surface area contributed by atoms with Gasteiger partial charge in [0.1, 0.15) is 0 Å². The van der Waals surface area contributed by atoms with E-state index in [1.807, 2.05) is 7.05 Å². The van der Waals surface area contributed by atoms with E-state index in [9.17, 15) is 4.79 Å². The predicted molar refractivity (Wildman–Crippen MR) is 74.5 cm³/mol. The third-order valence-corrected chi connectivity index (χ3v) is 4.64. The third-order valence-electron chi connectivity index (χ3n) is 4.64. The van der Waals surface area contributed by atoms with Gasteiger partial charge in [0.05, 0.1) is 13.5 Å². The van der Waals surface area contributed by atoms with Gasteiger partial charge in [0.15, 0.2) is 0 Å². The highest BCUT2D eigenvalue weighted by Gasteiger charge is 2.36. The average molecular weight is 255 g/mol. The van der Waals surface area contributed by atoms with Gasteiger partial charge in [0.2, 0.25) is 0 Å². The molecule has 3 nitrogen and oxygen atoms in total. The molecule has 0 saturated heterocycles. The van der Waals surface area contributed by atoms with Crippen molar-refractivity contribution in [1.82, 2.24) is 5.32 Å². The van der Waals surface area contributed by atoms with Crippen LogP contribution in [0.3, 0.4) is 0 Å². The molecule has 0 aromatic rings. The van der Waals surface area contributed by atoms with Gasteiger partial charge in [-0.2, -0.15) is 0 Å². The smallest absolute Gasteiger partial charge is 0.307 e. The average Bonchev–Trinajstić information content (AvgIpc) is 2.51. The summed E-state index contributed by atoms with van der Waals surface area (Å²) < 4.78 is 4.84. The van der Waals surface area contributed by atoms with Gasteiger partial charge in [-0.25, -0.2) is 0 Å². The maximum Gasteiger partial charge on any atom is 0.307 e. The Kier molecular flexibility index (Phi) is 5.20. The molecule has 0 heterocycles. The summed E-state index contributed by atoms with van der Waals surface area (Å²) in [5, 5.41) is 3.39. The van der Waals surface area contributed by atoms with Crippen molar-refractivity contribution in [3.05, 3.63) is 0 Å². The number of carbonyl (C=O) groups is 1. The largest absolute Gasteiger partial charge is 0.469 e. The molecule has 1 fully saturated rings. The number of hydrogen-bond acceptors (Lipinski definition) is 3. The molecule has 2 atom stereocenters. The number of rotatable bonds is 3. The van der Waals surface area contributed by atoms with Crippen molar-refractivity contribution >= 4 is 5.97 Å². The van der Waals surface area contributed by atoms with Crippen LogP contribution in [0.4, 0.5) is 0 Å². The SMILES string of the molecule is CNC1(CC(=O)OC)CCCC(C(C)(C)C)CC1. The fourth-order valence-corrected chi connectivity index (χ4v) is 3.14. The van der Waals surface area contributed by atoms with Gasteiger partial charge in [-0.3, -0.25) is 4.79 Å². The fourth-order valence-electron chi connectivity index (χ4n) is 3.14. The molecule has 0 spiro atoms. The predicted octanol–water partition coefficient (Wildman–Crippen LogP) is 3.13. The van der Waals surface area contributed by atoms with Crippen LogP contribution in [0.5, 0.6) is 0 Å². The summed E-state index contributed by atoms with van der Waals surface area (Å²) >= 11 is 0. The molecule has 1 rings (SSSR count). The quantitative estimate of drug-likeness (QED) is 0.622. The second kappa shape index (κ2) is 6.05. The standard InChI is InChI=1S/C15H29NO2/c1-14(2,3)12-7-6-9-15(16-4,10-8-12)11-13(17)18-5/h12,16H,6-11H2,1-5H3. The zero-order valence-electron chi connectivity index (χ0n) is 12.6. The molecule has 3 heteroatoms. The molecule has 18 heavy (non-hydrogen) atoms. The van der Waals surface area contributed by atoms with E-state index in [0.29, 0.717) is 11.8 Å². The first-order valence-electron chi connectivity index (χ1n) is 7.09. The number of carbonyl (C=O) groups excluding carboxylic acids is 1. The highest BCUT2D eigenvalue weighted by Crippen LogP contribution is 2.40. The Hall–Kier alpha value is -0.570. The minimum atomic E-state index is -0.0986. The van der Waals surface area contributed by atoms with Crippen LogP contribution in [-0.4, -0.2) is 25.7 Å². The first-order valence-corrected chi connectivity index (χ1v) is 7.09. The lowest BCUT2D eigenvalue weighted by Gasteiger charge is -2.33. The van der Waals surface area contributed by atoms with Gasteiger partial charge in [-0.15, -0.1) is 0 Å². The molecule has 0 amide bonds. The number of hydrogen-bond donors (Lipinski definition) is 1. The van der Waals surface area contributed by atoms with E-state index in [1.54, 1.807) is 0 Å². The summed E-state index contributed by atoms with van der Waals surface area (Å²) in [6.07, 6.45) is 6.30. The van der Waals surface area contributed by atoms with Crippen molar-refractivity contribution < 1.29 is 9.53 Å². The van der Waals surface area contributed by atoms with Crippen molar-refractivity contribution in [1.29, 1.82) is 0 Å². The molecular formula is C15H29NO2. The third kappa shape index (κ3) is 3.98. The number of esters is 1. The van der Waals surface area contributed by atoms with Crippen LogP contribution in [-0.2, 0) is 9.53 Å². The van der Waals surface area contributed by atoms with Gasteiger partial charge in [0.25, 0.3) is 0 Å². The van der Waals surface area contributed by atoms with Crippen LogP contribution in [0, 0.1) is 11.3 Å². The minimum Gasteiger partial charge on any atom is -0.469 e. The van der Waals surface area contributed by atoms with Crippen LogP contribution in [0.2, 0.25) is 0 Å². The minimum absolute atomic E-state index is 0.0485. The van der Waals surface area contributed by atoms with Crippen LogP contribution in [0.15, 0.2) is 0 Å². The first-order chi connectivity index (χ1) is 8.33. The second-order valence-electron chi connectivity index (χ2n) is 6.78. The molecular weight excluding hydrogens is 226 g/mol. The number of nitrogens with one attached hydrogen (secondary N) is 1. The summed E-state index contributed by atoms with van der Waals surface area (Å²) in [6.45, 7) is 6.97. The monoisotopic (exact) mass is 255 g/mol. The van der Waals surface area contributed by atoms with Crippen LogP contribution >= 0.6 is 0 Å². The topological polar surface area (TPSA) is 38.3 Å². The van der Waals surface area contributed by atoms with Crippen LogP contribution in [0.1, 0.15) is 59.3 Å². The lowest BCUT2D eigenvalue weighted by Crippen LogP contribution is -2.44. The van der Waals surface area contributed by atoms with Crippen molar-refractivity contribution in [2.45, 2.75) is 64.8 Å². The van der Waals surface area contributed by atoms with Gasteiger partial charge < -0.3 is 10.1 Å². The van der Waals surface area contributed by atoms with E-state index < -0.39 is 0 Å². The summed E-state index contributed by atoms with van der Waals surface area (Å²) in [6, 6.07) is 0. The number of ether oxygens (including phenoxy) is 1. The normalized spacial score (nSPS) is 29.7. The molecule has 0 aromatic heterocycles. The molecule has 0 bridgehead atoms. The fraction of sp³-hybridized carbons (Fsp3) is 0.933. The Bertz CT molecular complexity index is 283. The Morgan fingerprint density at radius 1 is 1.33 bits per heavy atom. The first kappa shape index (κ1) is 15.5. The molecule has 0 aromatic carbocycles. The summed E-state index contributed by atoms with van der Waals surface area (Å²) in [5.41, 5.74) is 0.322. The molecule has 2 unspecified atom stereocenters. The van der Waals surface area contributed by atoms with Gasteiger partial charge in [-0.1, -0.05) is 27.2 Å². The summed E-state index contributed by atoms with van der Waals surface area (Å²) in [4.78, 5) is 11.6. The molecule has 0 aliphatic heterocycles. The van der Waals surface area contributed by atoms with Gasteiger partial charge in [0, 0.05) is 5.54 Å². The van der Waals surface area contributed by atoms with Crippen LogP contribution < -0.4 is 5.32 Å². The van der Waals surface area contributed by atoms with Crippen molar-refractivity contribution in [3.63, 3.8) is 0 Å². The van der Waals surface area contributed by atoms with Crippen LogP contribution in [0.25, 0.3) is 0 Å². The summed E-state index contributed by atoms with van der Waals surface area (Å²) in [5.74, 6) is 0.656. The lowest BCUT2D eigenvalue weighted by molar-refractivity contribution is -0.142. The highest BCUT2D eigenvalue weighted by molar-refractivity contribution is 5.70. The maximum atomic E-state index is 11.6. The Labute approximate surface area is 112 Å². The zero-order chi connectivity index (χ0) is 13.8. The molecule has 1 N–H and O–H groups in total. The van der Waals surface area contributed by atoms with E-state index in [0.717, 1.165) is 18.8 Å². The van der Waals surface area contributed by atoms with E-state index in [2.05, 4.69) is 26.1 Å². The Morgan fingerprint density at radius 2 is 2.00 bits per heavy atom. The highest BCUT2D eigenvalue weighted by atomic mass is 16.5. The Morgan fingerprint density at radius 3 is 2.50 bits per heavy atom. The summed E-state index contributed by atoms with van der Waals surface area (Å²) in [7, 11) is 3.45. The second-order valence-corrected chi connectivity index (χ2v) is 6.78. The Balaban J connectivity index is 2.70. The van der Waals surface area contributed by atoms with E-state index >= 15 is 0 Å². The van der Waals surface area contributed by atoms with Crippen molar-refractivity contribution in [2.24, 2.45) is 11.3 Å². The molecule has 1 aliphatic rings. The van der Waals surface area contributed by atoms with E-state index in [-0.39, 0.29) is 11.5 Å². The van der Waals surface area contributed by atoms with Crippen molar-refractivity contribution in [3.8, 4) is 0 Å². The molecule has 1 aliphatic carbocycles. The van der Waals surface area contributed by atoms with E-state index in [4.69, 9.17) is 4.74 Å². The zero-order valence-corrected chi connectivity index (χ0v) is 12.6. The molecule has 106 valence electrons.